The van der Waals surface area contributed by atoms with Crippen LogP contribution in [-0.2, 0) is 14.3 Å². The minimum Gasteiger partial charge on any atom is -0.870 e. The summed E-state index contributed by atoms with van der Waals surface area (Å²) in [5, 5.41) is 10.8. The molecule has 244 valence electrons. The van der Waals surface area contributed by atoms with Gasteiger partial charge in [0, 0.05) is 45.1 Å². The van der Waals surface area contributed by atoms with E-state index in [1.807, 2.05) is 0 Å². The van der Waals surface area contributed by atoms with Crippen LogP contribution in [0.3, 0.4) is 0 Å². The number of thiophene rings is 2. The Morgan fingerprint density at radius 2 is 1.04 bits per heavy atom. The van der Waals surface area contributed by atoms with Crippen molar-refractivity contribution in [2.24, 2.45) is 0 Å². The van der Waals surface area contributed by atoms with E-state index in [2.05, 4.69) is 0 Å². The van der Waals surface area contributed by atoms with Gasteiger partial charge in [-0.1, -0.05) is 23.2 Å². The number of benzene rings is 2. The molecule has 0 spiro atoms. The number of hydrogen-bond donors (Lipinski definition) is 1. The SMILES string of the molecule is CCOC(=O)CCC(=O)c1sc2cc(OC)c(OC)cc2c1Cl.COc1cc2sc(C(=O)CCC(=O)O)c(Cl)c2cc1OC.[Li+].[OH-]. The molecule has 0 saturated heterocycles. The molecule has 16 heteroatoms. The summed E-state index contributed by atoms with van der Waals surface area (Å²) in [5.74, 6) is 0.337. The molecule has 2 N–H and O–H groups in total. The van der Waals surface area contributed by atoms with Crippen molar-refractivity contribution in [1.82, 2.24) is 0 Å². The Morgan fingerprint density at radius 1 is 0.674 bits per heavy atom. The number of esters is 1. The fourth-order valence-electron chi connectivity index (χ4n) is 4.04. The average molecular weight is 710 g/mol. The summed E-state index contributed by atoms with van der Waals surface area (Å²) >= 11 is 15.1. The quantitative estimate of drug-likeness (QED) is 0.118. The van der Waals surface area contributed by atoms with Gasteiger partial charge in [-0.15, -0.1) is 22.7 Å². The van der Waals surface area contributed by atoms with Crippen molar-refractivity contribution in [1.29, 1.82) is 0 Å². The molecule has 0 unspecified atom stereocenters. The number of hydrogen-bond acceptors (Lipinski definition) is 12. The van der Waals surface area contributed by atoms with E-state index in [0.29, 0.717) is 54.8 Å². The summed E-state index contributed by atoms with van der Waals surface area (Å²) < 4.78 is 27.4. The molecule has 0 saturated carbocycles. The van der Waals surface area contributed by atoms with Crippen molar-refractivity contribution in [3.63, 3.8) is 0 Å². The Labute approximate surface area is 295 Å². The monoisotopic (exact) mass is 708 g/mol. The number of ketones is 2. The van der Waals surface area contributed by atoms with Gasteiger partial charge in [0.05, 0.1) is 67.7 Å². The third-order valence-electron chi connectivity index (χ3n) is 6.20. The first-order valence-corrected chi connectivity index (χ1v) is 15.5. The molecule has 0 bridgehead atoms. The molecule has 0 aliphatic heterocycles. The van der Waals surface area contributed by atoms with Crippen LogP contribution in [0.25, 0.3) is 20.2 Å². The number of carboxylic acids is 1. The summed E-state index contributed by atoms with van der Waals surface area (Å²) in [6.45, 7) is 2.03. The van der Waals surface area contributed by atoms with Gasteiger partial charge < -0.3 is 34.3 Å². The summed E-state index contributed by atoms with van der Waals surface area (Å²) in [6, 6.07) is 6.99. The number of aliphatic carboxylic acids is 1. The molecule has 0 fully saturated rings. The van der Waals surface area contributed by atoms with E-state index in [1.165, 1.54) is 44.0 Å². The largest absolute Gasteiger partial charge is 1.00 e. The molecule has 0 amide bonds. The van der Waals surface area contributed by atoms with Crippen molar-refractivity contribution in [2.45, 2.75) is 32.6 Å². The second-order valence-electron chi connectivity index (χ2n) is 8.94. The maximum atomic E-state index is 12.3. The molecule has 0 aliphatic rings. The Bertz CT molecular complexity index is 1700. The van der Waals surface area contributed by atoms with Crippen molar-refractivity contribution in [3.8, 4) is 23.0 Å². The molecule has 2 aromatic carbocycles. The average Bonchev–Trinajstić information content (AvgIpc) is 3.52. The van der Waals surface area contributed by atoms with Crippen LogP contribution in [-0.4, -0.2) is 69.1 Å². The van der Waals surface area contributed by atoms with Crippen LogP contribution in [0, 0.1) is 0 Å². The Morgan fingerprint density at radius 3 is 1.39 bits per heavy atom. The number of rotatable bonds is 13. The first kappa shape index (κ1) is 41.0. The number of carboxylic acid groups (broad SMARTS) is 1. The third-order valence-corrected chi connectivity index (χ3v) is 9.60. The van der Waals surface area contributed by atoms with Crippen molar-refractivity contribution in [2.75, 3.05) is 35.0 Å². The van der Waals surface area contributed by atoms with Gasteiger partial charge in [-0.05, 0) is 19.1 Å². The standard InChI is InChI=1S/C16H17ClO5S.C14H13ClO5S.Li.H2O/c1-4-22-14(19)6-5-10(18)16-15(17)9-7-11(20-2)12(21-3)8-13(9)23-16;1-19-9-5-7-11(6-10(9)20-2)21-14(13(7)15)8(16)3-4-12(17)18;;/h7-8H,4-6H2,1-3H3;5-6H,3-4H2,1-2H3,(H,17,18);;1H2/q;;+1;/p-1. The van der Waals surface area contributed by atoms with Gasteiger partial charge in [0.2, 0.25) is 0 Å². The van der Waals surface area contributed by atoms with Gasteiger partial charge >= 0.3 is 30.8 Å². The molecule has 0 radical (unpaired) electrons. The molecule has 0 atom stereocenters. The smallest absolute Gasteiger partial charge is 0.870 e. The van der Waals surface area contributed by atoms with E-state index in [-0.39, 0.29) is 67.6 Å². The number of fused-ring (bicyclic) bond motifs is 2. The molecular weight excluding hydrogens is 678 g/mol. The minimum atomic E-state index is -1.01. The van der Waals surface area contributed by atoms with Crippen molar-refractivity contribution in [3.05, 3.63) is 44.1 Å². The zero-order valence-electron chi connectivity index (χ0n) is 26.0. The predicted molar refractivity (Wildman–Crippen MR) is 173 cm³/mol. The zero-order valence-corrected chi connectivity index (χ0v) is 29.1. The van der Waals surface area contributed by atoms with Crippen LogP contribution in [0.5, 0.6) is 23.0 Å². The maximum Gasteiger partial charge on any atom is 1.00 e. The van der Waals surface area contributed by atoms with Gasteiger partial charge in [-0.3, -0.25) is 19.2 Å². The number of methoxy groups -OCH3 is 4. The van der Waals surface area contributed by atoms with E-state index in [4.69, 9.17) is 52.0 Å². The Kier molecular flexibility index (Phi) is 16.9. The van der Waals surface area contributed by atoms with E-state index in [0.717, 1.165) is 14.8 Å². The van der Waals surface area contributed by atoms with Gasteiger partial charge in [-0.2, -0.15) is 0 Å². The fourth-order valence-corrected chi connectivity index (χ4v) is 7.05. The van der Waals surface area contributed by atoms with Crippen LogP contribution in [0.2, 0.25) is 10.0 Å². The molecule has 2 heterocycles. The van der Waals surface area contributed by atoms with Crippen LogP contribution in [0.1, 0.15) is 52.0 Å². The number of carbonyl (C=O) groups excluding carboxylic acids is 3. The zero-order chi connectivity index (χ0) is 32.6. The summed E-state index contributed by atoms with van der Waals surface area (Å²) in [6.07, 6.45) is -0.171. The second kappa shape index (κ2) is 19.0. The van der Waals surface area contributed by atoms with Crippen LogP contribution in [0.4, 0.5) is 0 Å². The fraction of sp³-hybridized carbons (Fsp3) is 0.333. The first-order valence-electron chi connectivity index (χ1n) is 13.1. The van der Waals surface area contributed by atoms with Gasteiger partial charge in [0.25, 0.3) is 0 Å². The second-order valence-corrected chi connectivity index (χ2v) is 11.8. The molecule has 0 aliphatic carbocycles. The van der Waals surface area contributed by atoms with Crippen molar-refractivity contribution < 1.29 is 72.3 Å². The van der Waals surface area contributed by atoms with E-state index in [9.17, 15) is 19.2 Å². The van der Waals surface area contributed by atoms with Gasteiger partial charge in [-0.25, -0.2) is 0 Å². The predicted octanol–water partition coefficient (Wildman–Crippen LogP) is 4.54. The Hall–Kier alpha value is -3.02. The number of ether oxygens (including phenoxy) is 5. The molecule has 4 rings (SSSR count). The summed E-state index contributed by atoms with van der Waals surface area (Å²) in [5.41, 5.74) is 0. The number of halogens is 2. The Balaban J connectivity index is 0.000000442. The van der Waals surface area contributed by atoms with Gasteiger partial charge in [0.1, 0.15) is 0 Å². The molecule has 46 heavy (non-hydrogen) atoms. The normalized spacial score (nSPS) is 10.2. The summed E-state index contributed by atoms with van der Waals surface area (Å²) in [4.78, 5) is 47.1. The first-order chi connectivity index (χ1) is 21.0. The van der Waals surface area contributed by atoms with E-state index < -0.39 is 5.97 Å². The third kappa shape index (κ3) is 9.75. The maximum absolute atomic E-state index is 12.3. The number of carbonyl (C=O) groups is 4. The topological polar surface area (TPSA) is 165 Å². The molecule has 11 nitrogen and oxygen atoms in total. The van der Waals surface area contributed by atoms with E-state index >= 15 is 0 Å². The minimum absolute atomic E-state index is 0. The summed E-state index contributed by atoms with van der Waals surface area (Å²) in [7, 11) is 6.13. The van der Waals surface area contributed by atoms with Crippen LogP contribution >= 0.6 is 45.9 Å². The number of Topliss-reactive ketones (excluding diaryl/α,β-unsaturated/α-hetero) is 2. The van der Waals surface area contributed by atoms with E-state index in [1.54, 1.807) is 38.3 Å². The van der Waals surface area contributed by atoms with Crippen LogP contribution in [0.15, 0.2) is 24.3 Å². The van der Waals surface area contributed by atoms with Gasteiger partial charge in [0.15, 0.2) is 34.6 Å². The van der Waals surface area contributed by atoms with Crippen molar-refractivity contribution >= 4 is 89.6 Å². The van der Waals surface area contributed by atoms with Crippen LogP contribution < -0.4 is 37.8 Å². The molecule has 2 aromatic heterocycles. The molecule has 4 aromatic rings. The molecular formula is C30H31Cl2LiO11S2.